The summed E-state index contributed by atoms with van der Waals surface area (Å²) in [7, 11) is 0. The fraction of sp³-hybridized carbons (Fsp3) is 0.667. The molecule has 0 amide bonds. The number of hydrogen-bond donors (Lipinski definition) is 1. The van der Waals surface area contributed by atoms with Gasteiger partial charge in [0.15, 0.2) is 0 Å². The Hall–Kier alpha value is -0.960. The van der Waals surface area contributed by atoms with E-state index in [0.717, 1.165) is 18.5 Å². The number of nitrogens with one attached hydrogen (secondary N) is 1. The molecule has 0 saturated heterocycles. The van der Waals surface area contributed by atoms with Crippen molar-refractivity contribution in [3.05, 3.63) is 35.4 Å². The molecule has 1 aromatic carbocycles. The van der Waals surface area contributed by atoms with E-state index in [1.807, 2.05) is 0 Å². The second-order valence-electron chi connectivity index (χ2n) is 7.45. The molecule has 1 aromatic rings. The van der Waals surface area contributed by atoms with Gasteiger partial charge in [-0.1, -0.05) is 26.8 Å². The summed E-state index contributed by atoms with van der Waals surface area (Å²) in [5.74, 6) is 0.533. The summed E-state index contributed by atoms with van der Waals surface area (Å²) in [4.78, 5) is 0. The van der Waals surface area contributed by atoms with Crippen LogP contribution < -0.4 is 5.32 Å². The van der Waals surface area contributed by atoms with Crippen LogP contribution in [0.3, 0.4) is 0 Å². The monoisotopic (exact) mass is 295 g/mol. The molecular weight excluding hydrogens is 268 g/mol. The first-order valence-electron chi connectivity index (χ1n) is 8.01. The van der Waals surface area contributed by atoms with Crippen LogP contribution in [0.1, 0.15) is 52.0 Å². The van der Waals surface area contributed by atoms with Crippen LogP contribution in [0.15, 0.2) is 18.2 Å². The molecule has 3 heteroatoms. The van der Waals surface area contributed by atoms with Crippen LogP contribution in [0.25, 0.3) is 0 Å². The quantitative estimate of drug-likeness (QED) is 0.832. The van der Waals surface area contributed by atoms with E-state index in [4.69, 9.17) is 0 Å². The zero-order valence-corrected chi connectivity index (χ0v) is 13.4. The zero-order valence-electron chi connectivity index (χ0n) is 13.4. The highest BCUT2D eigenvalue weighted by atomic mass is 19.1. The van der Waals surface area contributed by atoms with Gasteiger partial charge in [-0.3, -0.25) is 0 Å². The van der Waals surface area contributed by atoms with E-state index in [-0.39, 0.29) is 0 Å². The van der Waals surface area contributed by atoms with Crippen LogP contribution in [0.4, 0.5) is 8.78 Å². The lowest BCUT2D eigenvalue weighted by Crippen LogP contribution is -2.30. The van der Waals surface area contributed by atoms with E-state index in [2.05, 4.69) is 26.1 Å². The molecule has 0 bridgehead atoms. The summed E-state index contributed by atoms with van der Waals surface area (Å²) in [5.41, 5.74) is 0.954. The molecule has 1 aliphatic rings. The van der Waals surface area contributed by atoms with Gasteiger partial charge in [0.1, 0.15) is 11.6 Å². The second-order valence-corrected chi connectivity index (χ2v) is 7.45. The Labute approximate surface area is 127 Å². The second kappa shape index (κ2) is 6.87. The third kappa shape index (κ3) is 4.77. The maximum Gasteiger partial charge on any atom is 0.130 e. The van der Waals surface area contributed by atoms with E-state index < -0.39 is 11.6 Å². The molecule has 1 fully saturated rings. The fourth-order valence-electron chi connectivity index (χ4n) is 3.31. The minimum Gasteiger partial charge on any atom is -0.312 e. The van der Waals surface area contributed by atoms with Crippen molar-refractivity contribution < 1.29 is 8.78 Å². The molecule has 0 radical (unpaired) electrons. The third-order valence-corrected chi connectivity index (χ3v) is 4.84. The molecule has 0 aromatic heterocycles. The van der Waals surface area contributed by atoms with Crippen LogP contribution >= 0.6 is 0 Å². The molecule has 0 heterocycles. The maximum absolute atomic E-state index is 13.5. The largest absolute Gasteiger partial charge is 0.312 e. The SMILES string of the molecule is CC(C)(C)C1CCC(CNCc2ccc(F)cc2F)CC1. The lowest BCUT2D eigenvalue weighted by molar-refractivity contribution is 0.149. The van der Waals surface area contributed by atoms with Crippen molar-refractivity contribution in [1.29, 1.82) is 0 Å². The van der Waals surface area contributed by atoms with E-state index in [0.29, 0.717) is 23.4 Å². The molecule has 1 aliphatic carbocycles. The molecular formula is C18H27F2N. The van der Waals surface area contributed by atoms with Crippen LogP contribution in [0, 0.1) is 28.9 Å². The molecule has 2 rings (SSSR count). The zero-order chi connectivity index (χ0) is 15.5. The normalized spacial score (nSPS) is 23.3. The molecule has 1 saturated carbocycles. The van der Waals surface area contributed by atoms with Crippen molar-refractivity contribution >= 4 is 0 Å². The van der Waals surface area contributed by atoms with Crippen molar-refractivity contribution in [2.45, 2.75) is 53.0 Å². The van der Waals surface area contributed by atoms with Crippen molar-refractivity contribution in [3.8, 4) is 0 Å². The van der Waals surface area contributed by atoms with Gasteiger partial charge in [0, 0.05) is 18.2 Å². The van der Waals surface area contributed by atoms with Crippen LogP contribution in [-0.2, 0) is 6.54 Å². The van der Waals surface area contributed by atoms with Crippen molar-refractivity contribution in [2.75, 3.05) is 6.54 Å². The Morgan fingerprint density at radius 3 is 2.33 bits per heavy atom. The average molecular weight is 295 g/mol. The third-order valence-electron chi connectivity index (χ3n) is 4.84. The molecule has 1 N–H and O–H groups in total. The van der Waals surface area contributed by atoms with Gasteiger partial charge in [0.25, 0.3) is 0 Å². The van der Waals surface area contributed by atoms with Gasteiger partial charge < -0.3 is 5.32 Å². The minimum atomic E-state index is -0.517. The number of rotatable bonds is 4. The van der Waals surface area contributed by atoms with E-state index in [9.17, 15) is 8.78 Å². The fourth-order valence-corrected chi connectivity index (χ4v) is 3.31. The van der Waals surface area contributed by atoms with Gasteiger partial charge in [-0.15, -0.1) is 0 Å². The maximum atomic E-state index is 13.5. The average Bonchev–Trinajstić information content (AvgIpc) is 2.41. The van der Waals surface area contributed by atoms with E-state index >= 15 is 0 Å². The lowest BCUT2D eigenvalue weighted by atomic mass is 9.70. The highest BCUT2D eigenvalue weighted by Crippen LogP contribution is 2.39. The van der Waals surface area contributed by atoms with Crippen molar-refractivity contribution in [1.82, 2.24) is 5.32 Å². The number of benzene rings is 1. The number of hydrogen-bond acceptors (Lipinski definition) is 1. The van der Waals surface area contributed by atoms with Gasteiger partial charge in [-0.05, 0) is 55.5 Å². The first-order chi connectivity index (χ1) is 9.86. The Morgan fingerprint density at radius 2 is 1.76 bits per heavy atom. The van der Waals surface area contributed by atoms with Crippen LogP contribution in [0.5, 0.6) is 0 Å². The summed E-state index contributed by atoms with van der Waals surface area (Å²) in [5, 5.41) is 3.32. The van der Waals surface area contributed by atoms with E-state index in [1.165, 1.54) is 37.8 Å². The summed E-state index contributed by atoms with van der Waals surface area (Å²) in [6.45, 7) is 8.38. The molecule has 0 atom stereocenters. The minimum absolute atomic E-state index is 0.412. The summed E-state index contributed by atoms with van der Waals surface area (Å²) < 4.78 is 26.4. The summed E-state index contributed by atoms with van der Waals surface area (Å²) >= 11 is 0. The highest BCUT2D eigenvalue weighted by molar-refractivity contribution is 5.18. The molecule has 0 aliphatic heterocycles. The van der Waals surface area contributed by atoms with Gasteiger partial charge in [-0.25, -0.2) is 8.78 Å². The van der Waals surface area contributed by atoms with Gasteiger partial charge >= 0.3 is 0 Å². The van der Waals surface area contributed by atoms with Gasteiger partial charge in [-0.2, -0.15) is 0 Å². The molecule has 118 valence electrons. The Morgan fingerprint density at radius 1 is 1.10 bits per heavy atom. The first-order valence-corrected chi connectivity index (χ1v) is 8.01. The van der Waals surface area contributed by atoms with Crippen LogP contribution in [0.2, 0.25) is 0 Å². The van der Waals surface area contributed by atoms with Crippen molar-refractivity contribution in [3.63, 3.8) is 0 Å². The molecule has 0 spiro atoms. The van der Waals surface area contributed by atoms with E-state index in [1.54, 1.807) is 0 Å². The standard InChI is InChI=1S/C18H27F2N/c1-18(2,3)15-7-4-13(5-8-15)11-21-12-14-6-9-16(19)10-17(14)20/h6,9-10,13,15,21H,4-5,7-8,11-12H2,1-3H3. The first kappa shape index (κ1) is 16.4. The lowest BCUT2D eigenvalue weighted by Gasteiger charge is -2.37. The summed E-state index contributed by atoms with van der Waals surface area (Å²) in [6.07, 6.45) is 5.09. The highest BCUT2D eigenvalue weighted by Gasteiger charge is 2.29. The van der Waals surface area contributed by atoms with Gasteiger partial charge in [0.2, 0.25) is 0 Å². The Kier molecular flexibility index (Phi) is 5.37. The van der Waals surface area contributed by atoms with Crippen LogP contribution in [-0.4, -0.2) is 6.54 Å². The predicted molar refractivity (Wildman–Crippen MR) is 83.0 cm³/mol. The Bertz CT molecular complexity index is 457. The van der Waals surface area contributed by atoms with Crippen molar-refractivity contribution in [2.24, 2.45) is 17.3 Å². The summed E-state index contributed by atoms with van der Waals surface area (Å²) in [6, 6.07) is 3.79. The molecule has 1 nitrogen and oxygen atoms in total. The predicted octanol–water partition coefficient (Wildman–Crippen LogP) is 4.91. The Balaban J connectivity index is 1.73. The smallest absolute Gasteiger partial charge is 0.130 e. The topological polar surface area (TPSA) is 12.0 Å². The molecule has 21 heavy (non-hydrogen) atoms. The number of halogens is 2. The molecule has 0 unspecified atom stereocenters. The van der Waals surface area contributed by atoms with Gasteiger partial charge in [0.05, 0.1) is 0 Å².